The van der Waals surface area contributed by atoms with Gasteiger partial charge in [0, 0.05) is 5.92 Å². The van der Waals surface area contributed by atoms with E-state index in [2.05, 4.69) is 0 Å². The highest BCUT2D eigenvalue weighted by molar-refractivity contribution is 5.87. The minimum Gasteiger partial charge on any atom is -0.478 e. The number of aliphatic hydroxyl groups excluding tert-OH is 5. The molecule has 0 spiro atoms. The lowest BCUT2D eigenvalue weighted by atomic mass is 9.79. The minimum atomic E-state index is -1.85. The van der Waals surface area contributed by atoms with Crippen LogP contribution >= 0.6 is 0 Å². The molecule has 1 aliphatic carbocycles. The zero-order chi connectivity index (χ0) is 19.9. The summed E-state index contributed by atoms with van der Waals surface area (Å²) < 4.78 is 16.0. The number of fused-ring (bicyclic) bond motifs is 1. The van der Waals surface area contributed by atoms with Crippen molar-refractivity contribution in [2.24, 2.45) is 11.8 Å². The van der Waals surface area contributed by atoms with Crippen LogP contribution < -0.4 is 0 Å². The van der Waals surface area contributed by atoms with E-state index < -0.39 is 73.6 Å². The van der Waals surface area contributed by atoms with E-state index in [-0.39, 0.29) is 5.57 Å². The molecule has 152 valence electrons. The molecule has 0 aromatic rings. The van der Waals surface area contributed by atoms with Crippen molar-refractivity contribution in [3.8, 4) is 0 Å². The largest absolute Gasteiger partial charge is 0.478 e. The molecule has 7 N–H and O–H groups in total. The first-order valence-corrected chi connectivity index (χ1v) is 8.31. The summed E-state index contributed by atoms with van der Waals surface area (Å²) in [4.78, 5) is 11.4. The molecule has 0 aromatic carbocycles. The van der Waals surface area contributed by atoms with Gasteiger partial charge in [-0.2, -0.15) is 0 Å². The molecule has 0 radical (unpaired) electrons. The summed E-state index contributed by atoms with van der Waals surface area (Å²) in [6, 6.07) is 0. The van der Waals surface area contributed by atoms with Gasteiger partial charge in [-0.3, -0.25) is 0 Å². The van der Waals surface area contributed by atoms with Crippen molar-refractivity contribution in [2.45, 2.75) is 42.6 Å². The summed E-state index contributed by atoms with van der Waals surface area (Å²) in [6.07, 6.45) is -5.48. The lowest BCUT2D eigenvalue weighted by Crippen LogP contribution is -2.61. The van der Waals surface area contributed by atoms with Crippen LogP contribution in [0.5, 0.6) is 0 Å². The van der Waals surface area contributed by atoms with Gasteiger partial charge in [-0.05, 0) is 0 Å². The normalized spacial score (nSPS) is 46.5. The van der Waals surface area contributed by atoms with Crippen molar-refractivity contribution in [3.63, 3.8) is 0 Å². The highest BCUT2D eigenvalue weighted by Gasteiger charge is 2.55. The summed E-state index contributed by atoms with van der Waals surface area (Å²) in [5.41, 5.74) is -2.01. The van der Waals surface area contributed by atoms with Crippen molar-refractivity contribution >= 4 is 5.97 Å². The maximum atomic E-state index is 11.4. The monoisotopic (exact) mass is 390 g/mol. The fraction of sp³-hybridized carbons (Fsp3) is 0.688. The molecule has 1 saturated heterocycles. The molecule has 11 heteroatoms. The highest BCUT2D eigenvalue weighted by Crippen LogP contribution is 2.45. The molecule has 0 amide bonds. The average molecular weight is 390 g/mol. The Morgan fingerprint density at radius 2 is 1.85 bits per heavy atom. The third-order valence-corrected chi connectivity index (χ3v) is 5.15. The fourth-order valence-corrected chi connectivity index (χ4v) is 3.60. The molecular formula is C16H22O11. The molecule has 2 heterocycles. The Kier molecular flexibility index (Phi) is 5.57. The first-order valence-electron chi connectivity index (χ1n) is 8.31. The van der Waals surface area contributed by atoms with Gasteiger partial charge in [0.05, 0.1) is 31.0 Å². The van der Waals surface area contributed by atoms with Crippen molar-refractivity contribution in [2.75, 3.05) is 13.2 Å². The second-order valence-electron chi connectivity index (χ2n) is 6.78. The second kappa shape index (κ2) is 7.45. The minimum absolute atomic E-state index is 0.158. The van der Waals surface area contributed by atoms with Crippen LogP contribution in [-0.4, -0.2) is 97.5 Å². The molecule has 2 aliphatic heterocycles. The fourth-order valence-electron chi connectivity index (χ4n) is 3.60. The Labute approximate surface area is 153 Å². The van der Waals surface area contributed by atoms with Gasteiger partial charge in [0.1, 0.15) is 30.0 Å². The molecule has 1 fully saturated rings. The Morgan fingerprint density at radius 1 is 1.15 bits per heavy atom. The van der Waals surface area contributed by atoms with Gasteiger partial charge < -0.3 is 50.0 Å². The number of ether oxygens (including phenoxy) is 3. The molecule has 9 atom stereocenters. The van der Waals surface area contributed by atoms with E-state index in [4.69, 9.17) is 14.2 Å². The molecule has 3 aliphatic rings. The van der Waals surface area contributed by atoms with Gasteiger partial charge in [-0.25, -0.2) is 4.79 Å². The Balaban J connectivity index is 1.84. The van der Waals surface area contributed by atoms with Crippen molar-refractivity contribution < 1.29 is 54.8 Å². The number of hydrogen-bond acceptors (Lipinski definition) is 10. The number of carboxylic acids is 1. The van der Waals surface area contributed by atoms with E-state index >= 15 is 0 Å². The van der Waals surface area contributed by atoms with Gasteiger partial charge in [-0.15, -0.1) is 0 Å². The van der Waals surface area contributed by atoms with Crippen LogP contribution in [0.25, 0.3) is 0 Å². The van der Waals surface area contributed by atoms with E-state index in [9.17, 15) is 40.5 Å². The summed E-state index contributed by atoms with van der Waals surface area (Å²) >= 11 is 0. The van der Waals surface area contributed by atoms with Crippen LogP contribution in [0, 0.1) is 11.8 Å². The van der Waals surface area contributed by atoms with E-state index in [0.29, 0.717) is 0 Å². The predicted octanol–water partition coefficient (Wildman–Crippen LogP) is -3.35. The number of aliphatic carboxylic acids is 1. The summed E-state index contributed by atoms with van der Waals surface area (Å²) in [5, 5.41) is 68.4. The smallest absolute Gasteiger partial charge is 0.335 e. The van der Waals surface area contributed by atoms with E-state index in [1.54, 1.807) is 0 Å². The SMILES string of the molecule is O=C(O)C1=CO[C@H](O[C@H]2O[C@@H](CO)[C@@H](O)[C@@H](O)[C@H]2O)[C@H]2[C@H]1C=C[C@]2(O)CO. The second-order valence-corrected chi connectivity index (χ2v) is 6.78. The number of aliphatic hydroxyl groups is 6. The topological polar surface area (TPSA) is 186 Å². The van der Waals surface area contributed by atoms with E-state index in [1.807, 2.05) is 0 Å². The molecule has 0 saturated carbocycles. The highest BCUT2D eigenvalue weighted by atomic mass is 16.8. The summed E-state index contributed by atoms with van der Waals surface area (Å²) in [5.74, 6) is -3.20. The van der Waals surface area contributed by atoms with Crippen molar-refractivity contribution in [3.05, 3.63) is 24.0 Å². The third-order valence-electron chi connectivity index (χ3n) is 5.15. The zero-order valence-corrected chi connectivity index (χ0v) is 14.0. The summed E-state index contributed by atoms with van der Waals surface area (Å²) in [7, 11) is 0. The number of allylic oxidation sites excluding steroid dienone is 1. The molecule has 11 nitrogen and oxygen atoms in total. The third kappa shape index (κ3) is 3.37. The van der Waals surface area contributed by atoms with Crippen LogP contribution in [0.15, 0.2) is 24.0 Å². The lowest BCUT2D eigenvalue weighted by Gasteiger charge is -2.44. The van der Waals surface area contributed by atoms with Gasteiger partial charge in [0.25, 0.3) is 0 Å². The predicted molar refractivity (Wildman–Crippen MR) is 83.6 cm³/mol. The molecule has 3 rings (SSSR count). The maximum absolute atomic E-state index is 11.4. The van der Waals surface area contributed by atoms with Gasteiger partial charge in [0.15, 0.2) is 6.29 Å². The van der Waals surface area contributed by atoms with E-state index in [0.717, 1.165) is 6.26 Å². The number of carboxylic acid groups (broad SMARTS) is 1. The molecule has 0 bridgehead atoms. The molecule has 0 aromatic heterocycles. The molecular weight excluding hydrogens is 368 g/mol. The van der Waals surface area contributed by atoms with Crippen molar-refractivity contribution in [1.82, 2.24) is 0 Å². The van der Waals surface area contributed by atoms with Gasteiger partial charge >= 0.3 is 5.97 Å². The lowest BCUT2D eigenvalue weighted by molar-refractivity contribution is -0.346. The van der Waals surface area contributed by atoms with E-state index in [1.165, 1.54) is 12.2 Å². The molecule has 27 heavy (non-hydrogen) atoms. The summed E-state index contributed by atoms with van der Waals surface area (Å²) in [6.45, 7) is -1.40. The maximum Gasteiger partial charge on any atom is 0.335 e. The first kappa shape index (κ1) is 20.2. The number of rotatable bonds is 5. The van der Waals surface area contributed by atoms with Crippen LogP contribution in [0.3, 0.4) is 0 Å². The quantitative estimate of drug-likeness (QED) is 0.233. The van der Waals surface area contributed by atoms with Gasteiger partial charge in [-0.1, -0.05) is 12.2 Å². The van der Waals surface area contributed by atoms with Crippen LogP contribution in [0.4, 0.5) is 0 Å². The molecule has 0 unspecified atom stereocenters. The van der Waals surface area contributed by atoms with Crippen molar-refractivity contribution in [1.29, 1.82) is 0 Å². The number of carbonyl (C=O) groups is 1. The van der Waals surface area contributed by atoms with Crippen LogP contribution in [-0.2, 0) is 19.0 Å². The average Bonchev–Trinajstić information content (AvgIpc) is 3.01. The zero-order valence-electron chi connectivity index (χ0n) is 14.0. The van der Waals surface area contributed by atoms with Crippen LogP contribution in [0.1, 0.15) is 0 Å². The van der Waals surface area contributed by atoms with Crippen LogP contribution in [0.2, 0.25) is 0 Å². The first-order chi connectivity index (χ1) is 12.7. The van der Waals surface area contributed by atoms with Gasteiger partial charge in [0.2, 0.25) is 6.29 Å². The Hall–Kier alpha value is -1.57. The number of hydrogen-bond donors (Lipinski definition) is 7. The Morgan fingerprint density at radius 3 is 2.44 bits per heavy atom. The standard InChI is InChI=1S/C16H22O11/c17-3-8-10(19)11(20)12(21)15(26-8)27-14-9-6(1-2-16(9,24)5-18)7(4-25-14)13(22)23/h1-2,4,6,8-12,14-15,17-21,24H,3,5H2,(H,22,23)/t6-,8-,9+,10+,11+,12+,14+,15+,16-/m0/s1. The Bertz CT molecular complexity index is 632.